The summed E-state index contributed by atoms with van der Waals surface area (Å²) < 4.78 is 5.06. The Labute approximate surface area is 216 Å². The predicted octanol–water partition coefficient (Wildman–Crippen LogP) is 5.24. The van der Waals surface area contributed by atoms with Gasteiger partial charge in [0.1, 0.15) is 0 Å². The molecule has 1 aliphatic heterocycles. The molecule has 2 aromatic rings. The minimum atomic E-state index is -0.449. The number of piperazine rings is 1. The van der Waals surface area contributed by atoms with E-state index < -0.39 is 6.09 Å². The van der Waals surface area contributed by atoms with Gasteiger partial charge in [0.2, 0.25) is 0 Å². The van der Waals surface area contributed by atoms with E-state index in [0.717, 1.165) is 43.9 Å². The number of nitrogens with one attached hydrogen (secondary N) is 1. The molecule has 1 atom stereocenters. The quantitative estimate of drug-likeness (QED) is 0.463. The summed E-state index contributed by atoms with van der Waals surface area (Å²) in [5.41, 5.74) is 3.67. The number of ether oxygens (including phenoxy) is 1. The van der Waals surface area contributed by atoms with Crippen LogP contribution in [0.4, 0.5) is 10.5 Å². The Kier molecular flexibility index (Phi) is 10.8. The van der Waals surface area contributed by atoms with Crippen LogP contribution < -0.4 is 5.32 Å². The summed E-state index contributed by atoms with van der Waals surface area (Å²) in [6.07, 6.45) is 1.99. The van der Waals surface area contributed by atoms with Crippen molar-refractivity contribution in [2.75, 3.05) is 57.7 Å². The Morgan fingerprint density at radius 1 is 0.944 bits per heavy atom. The van der Waals surface area contributed by atoms with E-state index in [-0.39, 0.29) is 11.9 Å². The molecule has 0 saturated carbocycles. The third-order valence-electron chi connectivity index (χ3n) is 6.85. The van der Waals surface area contributed by atoms with E-state index in [1.165, 1.54) is 12.8 Å². The lowest BCUT2D eigenvalue weighted by Crippen LogP contribution is -2.48. The van der Waals surface area contributed by atoms with Crippen molar-refractivity contribution < 1.29 is 14.3 Å². The molecule has 1 fully saturated rings. The van der Waals surface area contributed by atoms with Gasteiger partial charge < -0.3 is 14.5 Å². The van der Waals surface area contributed by atoms with Crippen molar-refractivity contribution in [3.05, 3.63) is 65.2 Å². The number of hydrogen-bond acceptors (Lipinski definition) is 5. The van der Waals surface area contributed by atoms with Crippen molar-refractivity contribution in [2.24, 2.45) is 0 Å². The molecule has 0 bridgehead atoms. The fraction of sp³-hybridized carbons (Fsp3) is 0.517. The number of nitrogens with zero attached hydrogens (tertiary/aromatic N) is 3. The minimum absolute atomic E-state index is 0.0277. The first kappa shape index (κ1) is 27.7. The van der Waals surface area contributed by atoms with Gasteiger partial charge in [-0.2, -0.15) is 0 Å². The first-order chi connectivity index (χ1) is 17.5. The molecule has 1 N–H and O–H groups in total. The zero-order chi connectivity index (χ0) is 25.9. The molecule has 7 heteroatoms. The van der Waals surface area contributed by atoms with Crippen LogP contribution in [-0.2, 0) is 4.74 Å². The van der Waals surface area contributed by atoms with E-state index in [1.807, 2.05) is 49.1 Å². The molecule has 0 unspecified atom stereocenters. The first-order valence-corrected chi connectivity index (χ1v) is 13.4. The van der Waals surface area contributed by atoms with Gasteiger partial charge in [0, 0.05) is 50.5 Å². The van der Waals surface area contributed by atoms with Gasteiger partial charge in [-0.15, -0.1) is 0 Å². The number of hydrogen-bond donors (Lipinski definition) is 1. The van der Waals surface area contributed by atoms with Gasteiger partial charge in [-0.05, 0) is 69.1 Å². The van der Waals surface area contributed by atoms with Crippen LogP contribution in [0.5, 0.6) is 0 Å². The second kappa shape index (κ2) is 14.0. The second-order valence-corrected chi connectivity index (χ2v) is 9.20. The van der Waals surface area contributed by atoms with E-state index in [0.29, 0.717) is 30.9 Å². The summed E-state index contributed by atoms with van der Waals surface area (Å²) in [4.78, 5) is 31.7. The molecule has 1 aliphatic rings. The van der Waals surface area contributed by atoms with E-state index >= 15 is 0 Å². The van der Waals surface area contributed by atoms with Crippen LogP contribution in [0.2, 0.25) is 0 Å². The number of unbranched alkanes of at least 4 members (excludes halogenated alkanes) is 1. The van der Waals surface area contributed by atoms with Gasteiger partial charge in [-0.3, -0.25) is 15.0 Å². The summed E-state index contributed by atoms with van der Waals surface area (Å²) >= 11 is 0. The van der Waals surface area contributed by atoms with Gasteiger partial charge in [0.05, 0.1) is 12.6 Å². The average Bonchev–Trinajstić information content (AvgIpc) is 2.90. The lowest BCUT2D eigenvalue weighted by atomic mass is 9.95. The van der Waals surface area contributed by atoms with Crippen molar-refractivity contribution in [3.8, 4) is 0 Å². The van der Waals surface area contributed by atoms with E-state index in [9.17, 15) is 9.59 Å². The lowest BCUT2D eigenvalue weighted by molar-refractivity contribution is 0.0772. The Morgan fingerprint density at radius 3 is 2.25 bits per heavy atom. The molecule has 1 saturated heterocycles. The average molecular weight is 495 g/mol. The zero-order valence-corrected chi connectivity index (χ0v) is 22.3. The lowest BCUT2D eigenvalue weighted by Gasteiger charge is -2.40. The number of benzene rings is 2. The molecule has 0 aromatic heterocycles. The van der Waals surface area contributed by atoms with Crippen molar-refractivity contribution in [1.29, 1.82) is 0 Å². The van der Waals surface area contributed by atoms with Crippen LogP contribution in [0.25, 0.3) is 0 Å². The Balaban J connectivity index is 1.88. The fourth-order valence-electron chi connectivity index (χ4n) is 4.81. The van der Waals surface area contributed by atoms with Crippen LogP contribution in [0.1, 0.15) is 68.1 Å². The monoisotopic (exact) mass is 494 g/mol. The molecule has 196 valence electrons. The molecule has 3 rings (SSSR count). The number of carbonyl (C=O) groups is 2. The second-order valence-electron chi connectivity index (χ2n) is 9.20. The highest BCUT2D eigenvalue weighted by Gasteiger charge is 2.27. The van der Waals surface area contributed by atoms with Crippen LogP contribution in [0.15, 0.2) is 48.5 Å². The largest absolute Gasteiger partial charge is 0.450 e. The maximum Gasteiger partial charge on any atom is 0.411 e. The van der Waals surface area contributed by atoms with Gasteiger partial charge >= 0.3 is 6.09 Å². The SMILES string of the molecule is CCCCN1CCN([C@H](c2ccc(C(=O)N(CC)CC)cc2)c2cccc(NC(=O)OCC)c2)CC1. The van der Waals surface area contributed by atoms with Crippen molar-refractivity contribution in [2.45, 2.75) is 46.6 Å². The third-order valence-corrected chi connectivity index (χ3v) is 6.85. The molecule has 0 spiro atoms. The minimum Gasteiger partial charge on any atom is -0.450 e. The molecule has 2 amide bonds. The van der Waals surface area contributed by atoms with E-state index in [2.05, 4.69) is 40.2 Å². The van der Waals surface area contributed by atoms with Crippen molar-refractivity contribution in [3.63, 3.8) is 0 Å². The molecular weight excluding hydrogens is 452 g/mol. The number of anilines is 1. The molecule has 36 heavy (non-hydrogen) atoms. The van der Waals surface area contributed by atoms with Crippen LogP contribution in [-0.4, -0.2) is 79.1 Å². The Morgan fingerprint density at radius 2 is 1.64 bits per heavy atom. The summed E-state index contributed by atoms with van der Waals surface area (Å²) in [6.45, 7) is 14.9. The normalized spacial score (nSPS) is 15.3. The van der Waals surface area contributed by atoms with Gasteiger partial charge in [0.15, 0.2) is 0 Å². The van der Waals surface area contributed by atoms with Gasteiger partial charge in [0.25, 0.3) is 5.91 Å². The first-order valence-electron chi connectivity index (χ1n) is 13.4. The molecular formula is C29H42N4O3. The van der Waals surface area contributed by atoms with E-state index in [4.69, 9.17) is 4.74 Å². The Bertz CT molecular complexity index is 967. The Hall–Kier alpha value is -2.90. The van der Waals surface area contributed by atoms with Gasteiger partial charge in [-0.1, -0.05) is 37.6 Å². The summed E-state index contributed by atoms with van der Waals surface area (Å²) in [5, 5.41) is 2.83. The topological polar surface area (TPSA) is 65.1 Å². The van der Waals surface area contributed by atoms with Gasteiger partial charge in [-0.25, -0.2) is 4.79 Å². The summed E-state index contributed by atoms with van der Waals surface area (Å²) in [7, 11) is 0. The van der Waals surface area contributed by atoms with E-state index in [1.54, 1.807) is 6.92 Å². The maximum atomic E-state index is 12.8. The summed E-state index contributed by atoms with van der Waals surface area (Å²) in [6, 6.07) is 16.1. The highest BCUT2D eigenvalue weighted by atomic mass is 16.5. The molecule has 7 nitrogen and oxygen atoms in total. The van der Waals surface area contributed by atoms with Crippen molar-refractivity contribution in [1.82, 2.24) is 14.7 Å². The van der Waals surface area contributed by atoms with Crippen molar-refractivity contribution >= 4 is 17.7 Å². The smallest absolute Gasteiger partial charge is 0.411 e. The highest BCUT2D eigenvalue weighted by molar-refractivity contribution is 5.94. The highest BCUT2D eigenvalue weighted by Crippen LogP contribution is 2.31. The standard InChI is InChI=1S/C29H42N4O3/c1-5-9-17-31-18-20-33(21-19-31)27(25-11-10-12-26(22-25)30-29(35)36-8-4)23-13-15-24(16-14-23)28(34)32(6-2)7-3/h10-16,22,27H,5-9,17-21H2,1-4H3,(H,30,35)/t27-/m1/s1. The maximum absolute atomic E-state index is 12.8. The van der Waals surface area contributed by atoms with Crippen LogP contribution in [0, 0.1) is 0 Å². The number of carbonyl (C=O) groups excluding carboxylic acids is 2. The van der Waals surface area contributed by atoms with Crippen LogP contribution in [0.3, 0.4) is 0 Å². The fourth-order valence-corrected chi connectivity index (χ4v) is 4.81. The molecule has 2 aromatic carbocycles. The third kappa shape index (κ3) is 7.31. The summed E-state index contributed by atoms with van der Waals surface area (Å²) in [5.74, 6) is 0.0632. The van der Waals surface area contributed by atoms with Crippen LogP contribution >= 0.6 is 0 Å². The zero-order valence-electron chi connectivity index (χ0n) is 22.3. The predicted molar refractivity (Wildman–Crippen MR) is 146 cm³/mol. The molecule has 1 heterocycles. The molecule has 0 aliphatic carbocycles. The molecule has 0 radical (unpaired) electrons. The number of rotatable bonds is 11. The number of amides is 2.